The van der Waals surface area contributed by atoms with Crippen LogP contribution in [0.15, 0.2) is 24.3 Å². The van der Waals surface area contributed by atoms with E-state index in [2.05, 4.69) is 66.9 Å². The molecule has 1 heterocycles. The van der Waals surface area contributed by atoms with Crippen LogP contribution in [0.4, 0.5) is 0 Å². The molecular weight excluding hydrogens is 254 g/mol. The summed E-state index contributed by atoms with van der Waals surface area (Å²) in [4.78, 5) is 1.20. The number of aromatic nitrogens is 2. The largest absolute Gasteiger partial charge is 0.312 e. The lowest BCUT2D eigenvalue weighted by Gasteiger charge is -2.19. The minimum Gasteiger partial charge on any atom is -0.312 e. The van der Waals surface area contributed by atoms with E-state index >= 15 is 0 Å². The molecule has 19 heavy (non-hydrogen) atoms. The van der Waals surface area contributed by atoms with Crippen molar-refractivity contribution in [2.45, 2.75) is 39.7 Å². The van der Waals surface area contributed by atoms with Gasteiger partial charge in [-0.2, -0.15) is 0 Å². The average molecular weight is 275 g/mol. The van der Waals surface area contributed by atoms with Crippen LogP contribution in [0.5, 0.6) is 0 Å². The predicted molar refractivity (Wildman–Crippen MR) is 81.4 cm³/mol. The maximum atomic E-state index is 4.26. The van der Waals surface area contributed by atoms with Crippen LogP contribution in [-0.4, -0.2) is 16.1 Å². The van der Waals surface area contributed by atoms with E-state index in [0.717, 1.165) is 24.3 Å². The second kappa shape index (κ2) is 5.80. The lowest BCUT2D eigenvalue weighted by Crippen LogP contribution is -2.11. The van der Waals surface area contributed by atoms with E-state index in [1.807, 2.05) is 0 Å². The highest BCUT2D eigenvalue weighted by molar-refractivity contribution is 7.05. The molecule has 0 spiro atoms. The lowest BCUT2D eigenvalue weighted by atomic mass is 9.86. The maximum absolute atomic E-state index is 4.26. The molecule has 0 saturated carbocycles. The van der Waals surface area contributed by atoms with Gasteiger partial charge in [0.25, 0.3) is 0 Å². The topological polar surface area (TPSA) is 37.8 Å². The van der Waals surface area contributed by atoms with Gasteiger partial charge in [0.2, 0.25) is 0 Å². The van der Waals surface area contributed by atoms with E-state index in [0.29, 0.717) is 0 Å². The first-order chi connectivity index (χ1) is 9.02. The average Bonchev–Trinajstić information content (AvgIpc) is 2.83. The van der Waals surface area contributed by atoms with Crippen molar-refractivity contribution >= 4 is 11.5 Å². The molecule has 0 aliphatic carbocycles. The van der Waals surface area contributed by atoms with Crippen molar-refractivity contribution in [3.63, 3.8) is 0 Å². The molecule has 0 amide bonds. The highest BCUT2D eigenvalue weighted by Gasteiger charge is 2.15. The van der Waals surface area contributed by atoms with Gasteiger partial charge in [-0.05, 0) is 29.1 Å². The summed E-state index contributed by atoms with van der Waals surface area (Å²) in [6.07, 6.45) is 0. The smallest absolute Gasteiger partial charge is 0.110 e. The first kappa shape index (κ1) is 14.2. The van der Waals surface area contributed by atoms with Crippen molar-refractivity contribution in [2.75, 3.05) is 6.54 Å². The third-order valence-electron chi connectivity index (χ3n) is 3.12. The van der Waals surface area contributed by atoms with Crippen molar-refractivity contribution < 1.29 is 0 Å². The molecule has 0 aliphatic heterocycles. The zero-order valence-electron chi connectivity index (χ0n) is 12.0. The summed E-state index contributed by atoms with van der Waals surface area (Å²) in [5.74, 6) is 0. The Morgan fingerprint density at radius 3 is 2.42 bits per heavy atom. The minimum atomic E-state index is 0.186. The summed E-state index contributed by atoms with van der Waals surface area (Å²) in [5.41, 5.74) is 3.68. The zero-order chi connectivity index (χ0) is 13.9. The molecule has 2 rings (SSSR count). The fourth-order valence-electron chi connectivity index (χ4n) is 1.91. The van der Waals surface area contributed by atoms with E-state index in [1.165, 1.54) is 22.0 Å². The van der Waals surface area contributed by atoms with Gasteiger partial charge in [0.1, 0.15) is 5.69 Å². The lowest BCUT2D eigenvalue weighted by molar-refractivity contribution is 0.590. The molecule has 0 bridgehead atoms. The number of benzene rings is 1. The Hall–Kier alpha value is -1.26. The minimum absolute atomic E-state index is 0.186. The van der Waals surface area contributed by atoms with Crippen LogP contribution in [0.1, 0.15) is 38.1 Å². The van der Waals surface area contributed by atoms with E-state index in [9.17, 15) is 0 Å². The molecule has 0 fully saturated rings. The van der Waals surface area contributed by atoms with E-state index in [1.54, 1.807) is 0 Å². The molecule has 0 radical (unpaired) electrons. The second-order valence-corrected chi connectivity index (χ2v) is 6.49. The predicted octanol–water partition coefficient (Wildman–Crippen LogP) is 3.61. The van der Waals surface area contributed by atoms with Crippen molar-refractivity contribution in [2.24, 2.45) is 0 Å². The number of nitrogens with zero attached hydrogens (tertiary/aromatic N) is 2. The molecule has 0 atom stereocenters. The summed E-state index contributed by atoms with van der Waals surface area (Å²) in [6.45, 7) is 10.6. The molecule has 1 aromatic heterocycles. The van der Waals surface area contributed by atoms with Crippen molar-refractivity contribution in [1.29, 1.82) is 0 Å². The van der Waals surface area contributed by atoms with Gasteiger partial charge in [-0.1, -0.05) is 56.4 Å². The first-order valence-corrected chi connectivity index (χ1v) is 7.42. The molecule has 1 aromatic carbocycles. The van der Waals surface area contributed by atoms with Gasteiger partial charge in [-0.15, -0.1) is 5.10 Å². The quantitative estimate of drug-likeness (QED) is 0.926. The summed E-state index contributed by atoms with van der Waals surface area (Å²) in [6, 6.07) is 8.66. The number of rotatable bonds is 4. The molecule has 4 heteroatoms. The monoisotopic (exact) mass is 275 g/mol. The maximum Gasteiger partial charge on any atom is 0.110 e. The van der Waals surface area contributed by atoms with Crippen LogP contribution in [0.2, 0.25) is 0 Å². The Bertz CT molecular complexity index is 523. The highest BCUT2D eigenvalue weighted by atomic mass is 32.1. The van der Waals surface area contributed by atoms with E-state index in [4.69, 9.17) is 0 Å². The van der Waals surface area contributed by atoms with Gasteiger partial charge >= 0.3 is 0 Å². The Balaban J connectivity index is 2.25. The van der Waals surface area contributed by atoms with Crippen molar-refractivity contribution in [3.05, 3.63) is 34.7 Å². The zero-order valence-corrected chi connectivity index (χ0v) is 12.8. The summed E-state index contributed by atoms with van der Waals surface area (Å²) < 4.78 is 4.07. The Morgan fingerprint density at radius 2 is 1.84 bits per heavy atom. The molecule has 0 unspecified atom stereocenters. The Kier molecular flexibility index (Phi) is 4.32. The van der Waals surface area contributed by atoms with Gasteiger partial charge in [0, 0.05) is 12.1 Å². The van der Waals surface area contributed by atoms with Crippen LogP contribution >= 0.6 is 11.5 Å². The van der Waals surface area contributed by atoms with Gasteiger partial charge in [0.05, 0.1) is 4.88 Å². The van der Waals surface area contributed by atoms with Crippen LogP contribution in [-0.2, 0) is 12.0 Å². The second-order valence-electron chi connectivity index (χ2n) is 5.65. The normalized spacial score (nSPS) is 11.8. The molecular formula is C15H21N3S. The van der Waals surface area contributed by atoms with Crippen LogP contribution < -0.4 is 5.32 Å². The van der Waals surface area contributed by atoms with Crippen LogP contribution in [0, 0.1) is 0 Å². The fraction of sp³-hybridized carbons (Fsp3) is 0.467. The Morgan fingerprint density at radius 1 is 1.16 bits per heavy atom. The third kappa shape index (κ3) is 3.39. The highest BCUT2D eigenvalue weighted by Crippen LogP contribution is 2.27. The first-order valence-electron chi connectivity index (χ1n) is 6.65. The molecule has 2 aromatic rings. The van der Waals surface area contributed by atoms with Gasteiger partial charge in [-0.25, -0.2) is 0 Å². The number of nitrogens with one attached hydrogen (secondary N) is 1. The van der Waals surface area contributed by atoms with Crippen LogP contribution in [0.3, 0.4) is 0 Å². The standard InChI is InChI=1S/C15H21N3S/c1-5-16-10-13-14(17-18-19-13)11-6-8-12(9-7-11)15(2,3)4/h6-9,16H,5,10H2,1-4H3. The van der Waals surface area contributed by atoms with Gasteiger partial charge in [0.15, 0.2) is 0 Å². The van der Waals surface area contributed by atoms with E-state index in [-0.39, 0.29) is 5.41 Å². The fourth-order valence-corrected chi connectivity index (χ4v) is 2.54. The van der Waals surface area contributed by atoms with Crippen LogP contribution in [0.25, 0.3) is 11.3 Å². The number of hydrogen-bond acceptors (Lipinski definition) is 4. The molecule has 1 N–H and O–H groups in total. The summed E-state index contributed by atoms with van der Waals surface area (Å²) in [7, 11) is 0. The SMILES string of the molecule is CCNCc1snnc1-c1ccc(C(C)(C)C)cc1. The van der Waals surface area contributed by atoms with Gasteiger partial charge < -0.3 is 5.32 Å². The molecule has 0 aliphatic rings. The third-order valence-corrected chi connectivity index (χ3v) is 3.84. The van der Waals surface area contributed by atoms with Crippen molar-refractivity contribution in [3.8, 4) is 11.3 Å². The molecule has 0 saturated heterocycles. The van der Waals surface area contributed by atoms with Crippen molar-refractivity contribution in [1.82, 2.24) is 14.9 Å². The summed E-state index contributed by atoms with van der Waals surface area (Å²) >= 11 is 1.47. The summed E-state index contributed by atoms with van der Waals surface area (Å²) in [5, 5.41) is 7.59. The number of hydrogen-bond donors (Lipinski definition) is 1. The molecule has 102 valence electrons. The van der Waals surface area contributed by atoms with E-state index < -0.39 is 0 Å². The molecule has 3 nitrogen and oxygen atoms in total. The van der Waals surface area contributed by atoms with Gasteiger partial charge in [-0.3, -0.25) is 0 Å². The Labute approximate surface area is 119 Å².